The van der Waals surface area contributed by atoms with Crippen LogP contribution in [0.1, 0.15) is 17.2 Å². The second kappa shape index (κ2) is 9.06. The molecule has 0 aliphatic carbocycles. The number of carbonyl (C=O) groups is 3. The molecule has 2 aromatic carbocycles. The molecule has 2 heterocycles. The predicted molar refractivity (Wildman–Crippen MR) is 118 cm³/mol. The Morgan fingerprint density at radius 3 is 2.30 bits per heavy atom. The normalized spacial score (nSPS) is 20.5. The fourth-order valence-electron chi connectivity index (χ4n) is 3.62. The van der Waals surface area contributed by atoms with E-state index in [9.17, 15) is 14.4 Å². The Labute approximate surface area is 186 Å². The van der Waals surface area contributed by atoms with Crippen molar-refractivity contribution < 1.29 is 19.1 Å². The third kappa shape index (κ3) is 3.77. The van der Waals surface area contributed by atoms with Gasteiger partial charge in [-0.25, -0.2) is 4.79 Å². The van der Waals surface area contributed by atoms with Gasteiger partial charge in [-0.15, -0.1) is 11.8 Å². The molecular weight excluding hydrogens is 468 g/mol. The highest BCUT2D eigenvalue weighted by Crippen LogP contribution is 2.41. The minimum atomic E-state index is -0.619. The van der Waals surface area contributed by atoms with Crippen molar-refractivity contribution in [3.63, 3.8) is 0 Å². The van der Waals surface area contributed by atoms with Gasteiger partial charge < -0.3 is 10.1 Å². The zero-order valence-corrected chi connectivity index (χ0v) is 18.3. The van der Waals surface area contributed by atoms with Crippen molar-refractivity contribution in [3.8, 4) is 0 Å². The zero-order valence-electron chi connectivity index (χ0n) is 15.9. The Morgan fingerprint density at radius 1 is 1.17 bits per heavy atom. The lowest BCUT2D eigenvalue weighted by Crippen LogP contribution is -2.69. The molecule has 0 unspecified atom stereocenters. The largest absolute Gasteiger partial charge is 0.448 e. The van der Waals surface area contributed by atoms with E-state index < -0.39 is 18.1 Å². The monoisotopic (exact) mass is 486 g/mol. The van der Waals surface area contributed by atoms with E-state index in [1.54, 1.807) is 0 Å². The van der Waals surface area contributed by atoms with Crippen molar-refractivity contribution >= 4 is 46.0 Å². The molecule has 6 nitrogen and oxygen atoms in total. The lowest BCUT2D eigenvalue weighted by atomic mass is 10.0. The number of amides is 2. The maximum atomic E-state index is 13.3. The molecule has 2 aliphatic heterocycles. The van der Waals surface area contributed by atoms with Gasteiger partial charge >= 0.3 is 5.97 Å². The van der Waals surface area contributed by atoms with Crippen molar-refractivity contribution in [1.29, 1.82) is 0 Å². The predicted octanol–water partition coefficient (Wildman–Crippen LogP) is 3.00. The summed E-state index contributed by atoms with van der Waals surface area (Å²) in [6, 6.07) is 18.4. The molecule has 0 radical (unpaired) electrons. The van der Waals surface area contributed by atoms with Crippen molar-refractivity contribution in [2.45, 2.75) is 17.5 Å². The molecule has 0 aromatic heterocycles. The van der Waals surface area contributed by atoms with Crippen molar-refractivity contribution in [1.82, 2.24) is 10.2 Å². The van der Waals surface area contributed by atoms with Crippen molar-refractivity contribution in [2.75, 3.05) is 11.1 Å². The van der Waals surface area contributed by atoms with Crippen LogP contribution in [-0.2, 0) is 19.1 Å². The van der Waals surface area contributed by atoms with Gasteiger partial charge in [-0.1, -0.05) is 76.6 Å². The highest BCUT2D eigenvalue weighted by Gasteiger charge is 2.53. The Hall–Kier alpha value is -2.58. The highest BCUT2D eigenvalue weighted by atomic mass is 79.9. The third-order valence-corrected chi connectivity index (χ3v) is 7.10. The van der Waals surface area contributed by atoms with Gasteiger partial charge in [0.15, 0.2) is 6.10 Å². The van der Waals surface area contributed by atoms with E-state index in [4.69, 9.17) is 4.74 Å². The number of halogens is 1. The molecular formula is C22H19BrN2O4S. The van der Waals surface area contributed by atoms with E-state index in [2.05, 4.69) is 21.2 Å². The minimum Gasteiger partial charge on any atom is -0.448 e. The zero-order chi connectivity index (χ0) is 21.1. The number of hydrogen-bond donors (Lipinski definition) is 1. The first-order valence-corrected chi connectivity index (χ1v) is 11.6. The summed E-state index contributed by atoms with van der Waals surface area (Å²) in [6.07, 6.45) is -0.0829. The molecule has 1 fully saturated rings. The van der Waals surface area contributed by atoms with Crippen LogP contribution >= 0.6 is 27.7 Å². The Morgan fingerprint density at radius 2 is 1.77 bits per heavy atom. The van der Waals surface area contributed by atoms with E-state index in [0.717, 1.165) is 16.7 Å². The SMILES string of the molecule is O=CN[C@@H]1C(=O)N2C(C(=O)OC(c3ccccc3)c3ccccc3)=C(CBr)CS[C@H]12. The smallest absolute Gasteiger partial charge is 0.356 e. The molecule has 2 amide bonds. The van der Waals surface area contributed by atoms with Crippen LogP contribution in [0.5, 0.6) is 0 Å². The molecule has 0 saturated carbocycles. The van der Waals surface area contributed by atoms with Crippen LogP contribution in [0.2, 0.25) is 0 Å². The van der Waals surface area contributed by atoms with Gasteiger partial charge in [-0.3, -0.25) is 14.5 Å². The van der Waals surface area contributed by atoms with Crippen LogP contribution in [0, 0.1) is 0 Å². The minimum absolute atomic E-state index is 0.265. The fraction of sp³-hybridized carbons (Fsp3) is 0.227. The van der Waals surface area contributed by atoms with E-state index in [1.807, 2.05) is 60.7 Å². The van der Waals surface area contributed by atoms with Crippen LogP contribution in [0.4, 0.5) is 0 Å². The standard InChI is InChI=1S/C22H19BrN2O4S/c23-11-16-12-30-21-17(24-13-26)20(27)25(21)18(16)22(28)29-19(14-7-3-1-4-8-14)15-9-5-2-6-10-15/h1-10,13,17,19,21H,11-12H2,(H,24,26)/t17-,21-/m1/s1. The maximum Gasteiger partial charge on any atom is 0.356 e. The van der Waals surface area contributed by atoms with Crippen LogP contribution in [0.3, 0.4) is 0 Å². The van der Waals surface area contributed by atoms with Crippen LogP contribution in [0.15, 0.2) is 71.9 Å². The second-order valence-electron chi connectivity index (χ2n) is 6.86. The first-order chi connectivity index (χ1) is 14.7. The first-order valence-electron chi connectivity index (χ1n) is 9.39. The van der Waals surface area contributed by atoms with E-state index in [-0.39, 0.29) is 17.0 Å². The highest BCUT2D eigenvalue weighted by molar-refractivity contribution is 9.09. The summed E-state index contributed by atoms with van der Waals surface area (Å²) in [7, 11) is 0. The second-order valence-corrected chi connectivity index (χ2v) is 8.53. The summed E-state index contributed by atoms with van der Waals surface area (Å²) in [6.45, 7) is 0. The van der Waals surface area contributed by atoms with Crippen LogP contribution < -0.4 is 5.32 Å². The Bertz CT molecular complexity index is 944. The van der Waals surface area contributed by atoms with Crippen molar-refractivity contribution in [2.24, 2.45) is 0 Å². The van der Waals surface area contributed by atoms with E-state index in [1.165, 1.54) is 16.7 Å². The van der Waals surface area contributed by atoms with Gasteiger partial charge in [0, 0.05) is 11.1 Å². The summed E-state index contributed by atoms with van der Waals surface area (Å²) in [5.74, 6) is -0.284. The number of thioether (sulfide) groups is 1. The molecule has 30 heavy (non-hydrogen) atoms. The van der Waals surface area contributed by atoms with E-state index in [0.29, 0.717) is 17.5 Å². The van der Waals surface area contributed by atoms with Gasteiger partial charge in [0.05, 0.1) is 0 Å². The number of nitrogens with zero attached hydrogens (tertiary/aromatic N) is 1. The molecule has 1 N–H and O–H groups in total. The Balaban J connectivity index is 1.65. The number of hydrogen-bond acceptors (Lipinski definition) is 5. The maximum absolute atomic E-state index is 13.3. The molecule has 2 aliphatic rings. The summed E-state index contributed by atoms with van der Waals surface area (Å²) < 4.78 is 5.98. The number of rotatable bonds is 7. The molecule has 0 spiro atoms. The summed E-state index contributed by atoms with van der Waals surface area (Å²) in [5, 5.41) is 2.68. The van der Waals surface area contributed by atoms with Gasteiger partial charge in [0.25, 0.3) is 5.91 Å². The molecule has 8 heteroatoms. The number of alkyl halides is 1. The molecule has 1 saturated heterocycles. The average molecular weight is 487 g/mol. The van der Waals surface area contributed by atoms with E-state index >= 15 is 0 Å². The lowest BCUT2D eigenvalue weighted by molar-refractivity contribution is -0.154. The number of esters is 1. The van der Waals surface area contributed by atoms with Gasteiger partial charge in [0.2, 0.25) is 6.41 Å². The van der Waals surface area contributed by atoms with Gasteiger partial charge in [0.1, 0.15) is 17.1 Å². The topological polar surface area (TPSA) is 75.7 Å². The number of β-lactam (4-membered cyclic amide) rings is 1. The summed E-state index contributed by atoms with van der Waals surface area (Å²) in [4.78, 5) is 38.2. The fourth-order valence-corrected chi connectivity index (χ4v) is 5.70. The number of fused-ring (bicyclic) bond motifs is 1. The van der Waals surface area contributed by atoms with Crippen LogP contribution in [0.25, 0.3) is 0 Å². The quantitative estimate of drug-likeness (QED) is 0.281. The molecule has 154 valence electrons. The average Bonchev–Trinajstić information content (AvgIpc) is 2.80. The third-order valence-electron chi connectivity index (χ3n) is 5.08. The number of nitrogens with one attached hydrogen (secondary N) is 1. The van der Waals surface area contributed by atoms with Gasteiger partial charge in [-0.05, 0) is 16.7 Å². The molecule has 2 atom stereocenters. The molecule has 2 aromatic rings. The Kier molecular flexibility index (Phi) is 6.24. The van der Waals surface area contributed by atoms with Crippen LogP contribution in [-0.4, -0.2) is 45.7 Å². The number of ether oxygens (including phenoxy) is 1. The number of carbonyl (C=O) groups excluding carboxylic acids is 3. The first kappa shape index (κ1) is 20.7. The van der Waals surface area contributed by atoms with Crippen molar-refractivity contribution in [3.05, 3.63) is 83.1 Å². The summed E-state index contributed by atoms with van der Waals surface area (Å²) in [5.41, 5.74) is 2.74. The lowest BCUT2D eigenvalue weighted by Gasteiger charge is -2.49. The molecule has 0 bridgehead atoms. The van der Waals surface area contributed by atoms with Gasteiger partial charge in [-0.2, -0.15) is 0 Å². The number of benzene rings is 2. The molecule has 4 rings (SSSR count). The summed E-state index contributed by atoms with van der Waals surface area (Å²) >= 11 is 4.94.